The Morgan fingerprint density at radius 2 is 1.68 bits per heavy atom. The predicted octanol–water partition coefficient (Wildman–Crippen LogP) is 3.44. The first kappa shape index (κ1) is 19.9. The highest BCUT2D eigenvalue weighted by Gasteiger charge is 2.02. The molecule has 1 aromatic rings. The molecule has 1 amide bonds. The summed E-state index contributed by atoms with van der Waals surface area (Å²) in [5, 5.41) is 8.38. The fourth-order valence-corrected chi connectivity index (χ4v) is 1.11. The van der Waals surface area contributed by atoms with E-state index in [1.54, 1.807) is 24.7 Å². The number of hydroxylamine groups is 1. The zero-order valence-corrected chi connectivity index (χ0v) is 12.7. The molecule has 4 heteroatoms. The Kier molecular flexibility index (Phi) is 15.4. The Balaban J connectivity index is 0. The molecular formula is C15H27NO3. The highest BCUT2D eigenvalue weighted by molar-refractivity contribution is 5.93. The van der Waals surface area contributed by atoms with Crippen molar-refractivity contribution in [3.63, 3.8) is 0 Å². The standard InChI is InChI=1S/C10H13NO3.C3H8.C2H6/c1-14-7-6-8-2-4-9(5-3-8)10(12)11-13;1-3-2;1-2/h2-5,13H,6-7H2,1H3,(H,11,12);3H2,1-2H3;1-2H3. The quantitative estimate of drug-likeness (QED) is 0.650. The minimum atomic E-state index is -0.497. The maximum Gasteiger partial charge on any atom is 0.274 e. The molecule has 2 N–H and O–H groups in total. The van der Waals surface area contributed by atoms with Crippen molar-refractivity contribution in [2.45, 2.75) is 40.5 Å². The molecule has 0 bridgehead atoms. The van der Waals surface area contributed by atoms with Crippen LogP contribution in [0.3, 0.4) is 0 Å². The first-order valence-corrected chi connectivity index (χ1v) is 6.71. The number of ether oxygens (including phenoxy) is 1. The molecule has 19 heavy (non-hydrogen) atoms. The van der Waals surface area contributed by atoms with Crippen molar-refractivity contribution in [2.24, 2.45) is 0 Å². The summed E-state index contributed by atoms with van der Waals surface area (Å²) in [6, 6.07) is 7.00. The summed E-state index contributed by atoms with van der Waals surface area (Å²) in [5.41, 5.74) is 3.12. The Labute approximate surface area is 116 Å². The molecule has 0 aliphatic carbocycles. The van der Waals surface area contributed by atoms with Gasteiger partial charge in [0.1, 0.15) is 0 Å². The van der Waals surface area contributed by atoms with E-state index in [4.69, 9.17) is 9.94 Å². The average Bonchev–Trinajstić information content (AvgIpc) is 2.48. The van der Waals surface area contributed by atoms with E-state index < -0.39 is 5.91 Å². The van der Waals surface area contributed by atoms with Gasteiger partial charge in [-0.25, -0.2) is 5.48 Å². The fourth-order valence-electron chi connectivity index (χ4n) is 1.11. The monoisotopic (exact) mass is 269 g/mol. The number of nitrogens with one attached hydrogen (secondary N) is 1. The second kappa shape index (κ2) is 14.7. The molecule has 0 saturated carbocycles. The van der Waals surface area contributed by atoms with Crippen LogP contribution in [0, 0.1) is 0 Å². The van der Waals surface area contributed by atoms with E-state index in [2.05, 4.69) is 13.8 Å². The van der Waals surface area contributed by atoms with Crippen LogP contribution in [0.5, 0.6) is 0 Å². The maximum absolute atomic E-state index is 11.0. The molecule has 4 nitrogen and oxygen atoms in total. The average molecular weight is 269 g/mol. The second-order valence-corrected chi connectivity index (χ2v) is 3.59. The Morgan fingerprint density at radius 3 is 2.05 bits per heavy atom. The van der Waals surface area contributed by atoms with E-state index in [9.17, 15) is 4.79 Å². The van der Waals surface area contributed by atoms with Crippen LogP contribution < -0.4 is 5.48 Å². The second-order valence-electron chi connectivity index (χ2n) is 3.59. The third-order valence-corrected chi connectivity index (χ3v) is 1.91. The first-order chi connectivity index (χ1) is 9.19. The third kappa shape index (κ3) is 10.2. The van der Waals surface area contributed by atoms with Gasteiger partial charge in [0.05, 0.1) is 6.61 Å². The van der Waals surface area contributed by atoms with E-state index in [0.717, 1.165) is 12.0 Å². The van der Waals surface area contributed by atoms with Gasteiger partial charge in [-0.05, 0) is 24.1 Å². The summed E-state index contributed by atoms with van der Waals surface area (Å²) in [7, 11) is 1.65. The number of methoxy groups -OCH3 is 1. The molecule has 0 unspecified atom stereocenters. The fraction of sp³-hybridized carbons (Fsp3) is 0.533. The highest BCUT2D eigenvalue weighted by Crippen LogP contribution is 2.05. The normalized spacial score (nSPS) is 8.53. The SMILES string of the molecule is CC.CCC.COCCc1ccc(C(=O)NO)cc1. The molecule has 1 rings (SSSR count). The summed E-state index contributed by atoms with van der Waals surface area (Å²) < 4.78 is 4.93. The van der Waals surface area contributed by atoms with Crippen molar-refractivity contribution >= 4 is 5.91 Å². The van der Waals surface area contributed by atoms with Crippen LogP contribution in [-0.4, -0.2) is 24.8 Å². The van der Waals surface area contributed by atoms with Crippen LogP contribution >= 0.6 is 0 Å². The zero-order chi connectivity index (χ0) is 15.1. The van der Waals surface area contributed by atoms with Crippen LogP contribution in [0.25, 0.3) is 0 Å². The van der Waals surface area contributed by atoms with Crippen LogP contribution in [0.15, 0.2) is 24.3 Å². The smallest absolute Gasteiger partial charge is 0.274 e. The van der Waals surface area contributed by atoms with E-state index >= 15 is 0 Å². The molecule has 0 aliphatic rings. The van der Waals surface area contributed by atoms with Gasteiger partial charge >= 0.3 is 0 Å². The minimum Gasteiger partial charge on any atom is -0.384 e. The summed E-state index contributed by atoms with van der Waals surface area (Å²) in [6.45, 7) is 8.91. The van der Waals surface area contributed by atoms with Gasteiger partial charge in [0.15, 0.2) is 0 Å². The number of hydrogen-bond acceptors (Lipinski definition) is 3. The molecule has 0 aliphatic heterocycles. The molecule has 110 valence electrons. The minimum absolute atomic E-state index is 0.439. The van der Waals surface area contributed by atoms with Gasteiger partial charge in [0, 0.05) is 12.7 Å². The Bertz CT molecular complexity index is 310. The molecule has 0 radical (unpaired) electrons. The van der Waals surface area contributed by atoms with E-state index in [0.29, 0.717) is 12.2 Å². The molecule has 0 spiro atoms. The maximum atomic E-state index is 11.0. The van der Waals surface area contributed by atoms with Crippen LogP contribution in [0.4, 0.5) is 0 Å². The number of benzene rings is 1. The summed E-state index contributed by atoms with van der Waals surface area (Å²) in [6.07, 6.45) is 2.07. The molecule has 0 aromatic heterocycles. The van der Waals surface area contributed by atoms with E-state index in [1.807, 2.05) is 26.0 Å². The largest absolute Gasteiger partial charge is 0.384 e. The summed E-state index contributed by atoms with van der Waals surface area (Å²) >= 11 is 0. The molecular weight excluding hydrogens is 242 g/mol. The molecule has 0 saturated heterocycles. The van der Waals surface area contributed by atoms with Crippen molar-refractivity contribution in [1.29, 1.82) is 0 Å². The van der Waals surface area contributed by atoms with Gasteiger partial charge in [0.2, 0.25) is 0 Å². The highest BCUT2D eigenvalue weighted by atomic mass is 16.5. The number of hydrogen-bond donors (Lipinski definition) is 2. The zero-order valence-electron chi connectivity index (χ0n) is 12.7. The summed E-state index contributed by atoms with van der Waals surface area (Å²) in [5.74, 6) is -0.497. The van der Waals surface area contributed by atoms with Crippen molar-refractivity contribution in [2.75, 3.05) is 13.7 Å². The van der Waals surface area contributed by atoms with Gasteiger partial charge < -0.3 is 4.74 Å². The van der Waals surface area contributed by atoms with Crippen molar-refractivity contribution in [1.82, 2.24) is 5.48 Å². The molecule has 0 atom stereocenters. The van der Waals surface area contributed by atoms with Crippen molar-refractivity contribution in [3.8, 4) is 0 Å². The Hall–Kier alpha value is -1.39. The van der Waals surface area contributed by atoms with Crippen molar-refractivity contribution in [3.05, 3.63) is 35.4 Å². The predicted molar refractivity (Wildman–Crippen MR) is 78.6 cm³/mol. The van der Waals surface area contributed by atoms with Gasteiger partial charge in [-0.15, -0.1) is 0 Å². The lowest BCUT2D eigenvalue weighted by Crippen LogP contribution is -2.18. The Morgan fingerprint density at radius 1 is 1.21 bits per heavy atom. The van der Waals surface area contributed by atoms with Crippen LogP contribution in [0.2, 0.25) is 0 Å². The summed E-state index contributed by atoms with van der Waals surface area (Å²) in [4.78, 5) is 11.0. The lowest BCUT2D eigenvalue weighted by Gasteiger charge is -2.02. The van der Waals surface area contributed by atoms with Crippen molar-refractivity contribution < 1.29 is 14.7 Å². The number of carbonyl (C=O) groups excluding carboxylic acids is 1. The number of amides is 1. The number of rotatable bonds is 4. The lowest BCUT2D eigenvalue weighted by molar-refractivity contribution is 0.0706. The van der Waals surface area contributed by atoms with E-state index in [-0.39, 0.29) is 0 Å². The van der Waals surface area contributed by atoms with Crippen LogP contribution in [0.1, 0.15) is 50.0 Å². The molecule has 0 heterocycles. The van der Waals surface area contributed by atoms with Gasteiger partial charge in [-0.2, -0.15) is 0 Å². The molecule has 1 aromatic carbocycles. The van der Waals surface area contributed by atoms with Gasteiger partial charge in [-0.3, -0.25) is 10.0 Å². The van der Waals surface area contributed by atoms with E-state index in [1.165, 1.54) is 6.42 Å². The topological polar surface area (TPSA) is 58.6 Å². The lowest BCUT2D eigenvalue weighted by atomic mass is 10.1. The van der Waals surface area contributed by atoms with Gasteiger partial charge in [0.25, 0.3) is 5.91 Å². The van der Waals surface area contributed by atoms with Crippen LogP contribution in [-0.2, 0) is 11.2 Å². The number of carbonyl (C=O) groups is 1. The molecule has 0 fully saturated rings. The third-order valence-electron chi connectivity index (χ3n) is 1.91. The van der Waals surface area contributed by atoms with Gasteiger partial charge in [-0.1, -0.05) is 46.2 Å². The first-order valence-electron chi connectivity index (χ1n) is 6.71.